The van der Waals surface area contributed by atoms with Gasteiger partial charge in [0.1, 0.15) is 11.6 Å². The SMILES string of the molecule is O=C(COc1cccc2c1CCC[C@H]2O)Nc1ccc(F)cc1. The molecule has 0 saturated heterocycles. The molecule has 2 aromatic rings. The maximum atomic E-state index is 12.8. The third-order valence-electron chi connectivity index (χ3n) is 3.92. The molecule has 0 spiro atoms. The van der Waals surface area contributed by atoms with Gasteiger partial charge >= 0.3 is 0 Å². The molecular formula is C18H18FNO3. The van der Waals surface area contributed by atoms with Crippen molar-refractivity contribution in [2.45, 2.75) is 25.4 Å². The Labute approximate surface area is 133 Å². The van der Waals surface area contributed by atoms with E-state index in [2.05, 4.69) is 5.32 Å². The van der Waals surface area contributed by atoms with Crippen LogP contribution >= 0.6 is 0 Å². The number of amides is 1. The highest BCUT2D eigenvalue weighted by atomic mass is 19.1. The highest BCUT2D eigenvalue weighted by molar-refractivity contribution is 5.91. The summed E-state index contributed by atoms with van der Waals surface area (Å²) < 4.78 is 18.4. The fourth-order valence-corrected chi connectivity index (χ4v) is 2.80. The number of carbonyl (C=O) groups is 1. The molecule has 0 heterocycles. The third-order valence-corrected chi connectivity index (χ3v) is 3.92. The Balaban J connectivity index is 1.63. The molecule has 0 saturated carbocycles. The molecule has 1 aliphatic carbocycles. The first kappa shape index (κ1) is 15.5. The fraction of sp³-hybridized carbons (Fsp3) is 0.278. The molecule has 23 heavy (non-hydrogen) atoms. The van der Waals surface area contributed by atoms with Crippen LogP contribution in [0.3, 0.4) is 0 Å². The number of nitrogens with one attached hydrogen (secondary N) is 1. The minimum Gasteiger partial charge on any atom is -0.483 e. The summed E-state index contributed by atoms with van der Waals surface area (Å²) in [4.78, 5) is 11.9. The van der Waals surface area contributed by atoms with Gasteiger partial charge < -0.3 is 15.2 Å². The molecule has 5 heteroatoms. The Hall–Kier alpha value is -2.40. The van der Waals surface area contributed by atoms with Gasteiger partial charge in [0.15, 0.2) is 6.61 Å². The van der Waals surface area contributed by atoms with Crippen LogP contribution in [0.4, 0.5) is 10.1 Å². The van der Waals surface area contributed by atoms with E-state index in [1.807, 2.05) is 18.2 Å². The largest absolute Gasteiger partial charge is 0.483 e. The number of carbonyl (C=O) groups excluding carboxylic acids is 1. The molecule has 120 valence electrons. The normalized spacial score (nSPS) is 16.5. The van der Waals surface area contributed by atoms with Gasteiger partial charge in [0.05, 0.1) is 6.10 Å². The number of aliphatic hydroxyl groups excluding tert-OH is 1. The molecule has 0 radical (unpaired) electrons. The number of halogens is 1. The minimum atomic E-state index is -0.463. The van der Waals surface area contributed by atoms with Crippen LogP contribution in [0.2, 0.25) is 0 Å². The second kappa shape index (κ2) is 6.79. The average Bonchev–Trinajstić information content (AvgIpc) is 2.55. The van der Waals surface area contributed by atoms with E-state index in [4.69, 9.17) is 4.74 Å². The van der Waals surface area contributed by atoms with Crippen LogP contribution in [-0.4, -0.2) is 17.6 Å². The predicted molar refractivity (Wildman–Crippen MR) is 84.9 cm³/mol. The highest BCUT2D eigenvalue weighted by Gasteiger charge is 2.21. The topological polar surface area (TPSA) is 58.6 Å². The number of aliphatic hydroxyl groups is 1. The molecule has 3 rings (SSSR count). The summed E-state index contributed by atoms with van der Waals surface area (Å²) in [6.07, 6.45) is 2.02. The molecule has 1 amide bonds. The summed E-state index contributed by atoms with van der Waals surface area (Å²) in [5.41, 5.74) is 2.37. The van der Waals surface area contributed by atoms with Gasteiger partial charge in [-0.25, -0.2) is 4.39 Å². The predicted octanol–water partition coefficient (Wildman–Crippen LogP) is 3.21. The maximum Gasteiger partial charge on any atom is 0.262 e. The lowest BCUT2D eigenvalue weighted by molar-refractivity contribution is -0.118. The van der Waals surface area contributed by atoms with Crippen LogP contribution in [0, 0.1) is 5.82 Å². The lowest BCUT2D eigenvalue weighted by Gasteiger charge is -2.23. The van der Waals surface area contributed by atoms with Gasteiger partial charge in [-0.15, -0.1) is 0 Å². The Morgan fingerprint density at radius 2 is 2.04 bits per heavy atom. The van der Waals surface area contributed by atoms with Gasteiger partial charge in [0.2, 0.25) is 0 Å². The Morgan fingerprint density at radius 1 is 1.26 bits per heavy atom. The number of hydrogen-bond donors (Lipinski definition) is 2. The second-order valence-corrected chi connectivity index (χ2v) is 5.58. The monoisotopic (exact) mass is 315 g/mol. The Bertz CT molecular complexity index is 700. The van der Waals surface area contributed by atoms with Gasteiger partial charge in [0.25, 0.3) is 5.91 Å². The van der Waals surface area contributed by atoms with Crippen LogP contribution in [0.15, 0.2) is 42.5 Å². The molecule has 0 bridgehead atoms. The van der Waals surface area contributed by atoms with E-state index in [1.165, 1.54) is 24.3 Å². The van der Waals surface area contributed by atoms with Crippen molar-refractivity contribution < 1.29 is 19.0 Å². The first-order chi connectivity index (χ1) is 11.1. The summed E-state index contributed by atoms with van der Waals surface area (Å²) in [5, 5.41) is 12.7. The van der Waals surface area contributed by atoms with E-state index in [1.54, 1.807) is 0 Å². The van der Waals surface area contributed by atoms with Crippen LogP contribution in [0.5, 0.6) is 5.75 Å². The molecule has 1 aliphatic rings. The average molecular weight is 315 g/mol. The van der Waals surface area contributed by atoms with E-state index >= 15 is 0 Å². The van der Waals surface area contributed by atoms with Crippen molar-refractivity contribution in [2.75, 3.05) is 11.9 Å². The van der Waals surface area contributed by atoms with Gasteiger partial charge in [-0.3, -0.25) is 4.79 Å². The van der Waals surface area contributed by atoms with Crippen molar-refractivity contribution in [3.05, 3.63) is 59.4 Å². The summed E-state index contributed by atoms with van der Waals surface area (Å²) in [7, 11) is 0. The summed E-state index contributed by atoms with van der Waals surface area (Å²) >= 11 is 0. The number of fused-ring (bicyclic) bond motifs is 1. The summed E-state index contributed by atoms with van der Waals surface area (Å²) in [5.74, 6) is -0.0326. The number of hydrogen-bond acceptors (Lipinski definition) is 3. The molecule has 2 aromatic carbocycles. The molecular weight excluding hydrogens is 297 g/mol. The van der Waals surface area contributed by atoms with Crippen LogP contribution in [0.25, 0.3) is 0 Å². The zero-order chi connectivity index (χ0) is 16.2. The molecule has 0 fully saturated rings. The van der Waals surface area contributed by atoms with Crippen molar-refractivity contribution in [1.82, 2.24) is 0 Å². The molecule has 0 unspecified atom stereocenters. The van der Waals surface area contributed by atoms with Crippen molar-refractivity contribution in [3.8, 4) is 5.75 Å². The van der Waals surface area contributed by atoms with Crippen LogP contribution in [0.1, 0.15) is 30.1 Å². The third kappa shape index (κ3) is 3.68. The van der Waals surface area contributed by atoms with E-state index in [-0.39, 0.29) is 18.3 Å². The van der Waals surface area contributed by atoms with E-state index < -0.39 is 6.10 Å². The highest BCUT2D eigenvalue weighted by Crippen LogP contribution is 2.35. The lowest BCUT2D eigenvalue weighted by Crippen LogP contribution is -2.21. The first-order valence-corrected chi connectivity index (χ1v) is 7.61. The quantitative estimate of drug-likeness (QED) is 0.911. The molecule has 4 nitrogen and oxygen atoms in total. The van der Waals surface area contributed by atoms with Crippen LogP contribution < -0.4 is 10.1 Å². The van der Waals surface area contributed by atoms with Gasteiger partial charge in [-0.1, -0.05) is 12.1 Å². The zero-order valence-corrected chi connectivity index (χ0v) is 12.6. The Morgan fingerprint density at radius 3 is 2.83 bits per heavy atom. The lowest BCUT2D eigenvalue weighted by atomic mass is 9.89. The minimum absolute atomic E-state index is 0.135. The van der Waals surface area contributed by atoms with Crippen LogP contribution in [-0.2, 0) is 11.2 Å². The summed E-state index contributed by atoms with van der Waals surface area (Å²) in [6.45, 7) is -0.135. The maximum absolute atomic E-state index is 12.8. The fourth-order valence-electron chi connectivity index (χ4n) is 2.80. The molecule has 2 N–H and O–H groups in total. The summed E-state index contributed by atoms with van der Waals surface area (Å²) in [6, 6.07) is 11.1. The van der Waals surface area contributed by atoms with Crippen molar-refractivity contribution in [3.63, 3.8) is 0 Å². The molecule has 0 aliphatic heterocycles. The molecule has 1 atom stereocenters. The number of rotatable bonds is 4. The van der Waals surface area contributed by atoms with Crippen molar-refractivity contribution in [2.24, 2.45) is 0 Å². The van der Waals surface area contributed by atoms with Gasteiger partial charge in [0, 0.05) is 5.69 Å². The van der Waals surface area contributed by atoms with Gasteiger partial charge in [-0.05, 0) is 60.7 Å². The Kier molecular flexibility index (Phi) is 4.57. The molecule has 0 aromatic heterocycles. The van der Waals surface area contributed by atoms with Crippen molar-refractivity contribution >= 4 is 11.6 Å². The number of ether oxygens (including phenoxy) is 1. The standard InChI is InChI=1S/C18H18FNO3/c19-12-7-9-13(10-8-12)20-18(22)11-23-17-6-2-3-14-15(17)4-1-5-16(14)21/h2-3,6-10,16,21H,1,4-5,11H2,(H,20,22)/t16-/m1/s1. The first-order valence-electron chi connectivity index (χ1n) is 7.61. The van der Waals surface area contributed by atoms with E-state index in [0.717, 1.165) is 30.4 Å². The number of benzene rings is 2. The van der Waals surface area contributed by atoms with E-state index in [0.29, 0.717) is 11.4 Å². The number of anilines is 1. The smallest absolute Gasteiger partial charge is 0.262 e. The second-order valence-electron chi connectivity index (χ2n) is 5.58. The van der Waals surface area contributed by atoms with Crippen molar-refractivity contribution in [1.29, 1.82) is 0 Å². The van der Waals surface area contributed by atoms with Gasteiger partial charge in [-0.2, -0.15) is 0 Å². The van der Waals surface area contributed by atoms with E-state index in [9.17, 15) is 14.3 Å². The zero-order valence-electron chi connectivity index (χ0n) is 12.6.